The van der Waals surface area contributed by atoms with E-state index in [1.54, 1.807) is 0 Å². The van der Waals surface area contributed by atoms with Crippen molar-refractivity contribution >= 4 is 5.91 Å². The fraction of sp³-hybridized carbons (Fsp3) is 0.444. The molecule has 1 aromatic heterocycles. The van der Waals surface area contributed by atoms with E-state index in [4.69, 9.17) is 0 Å². The smallest absolute Gasteiger partial charge is 0.348 e. The molecule has 2 N–H and O–H groups in total. The van der Waals surface area contributed by atoms with Gasteiger partial charge in [0.25, 0.3) is 0 Å². The molecule has 0 aliphatic heterocycles. The van der Waals surface area contributed by atoms with Crippen LogP contribution >= 0.6 is 0 Å². The number of H-pyrrole nitrogens is 1. The van der Waals surface area contributed by atoms with E-state index < -0.39 is 12.1 Å². The Kier molecular flexibility index (Phi) is 5.11. The number of aromatic amines is 1. The third-order valence-electron chi connectivity index (χ3n) is 4.71. The standard InChI is InChI=1S/C18H20F3N3O/c19-18(20,21)17(25)23-10-12-6-8-14(9-7-12)16-22-11-15(24-16)13-4-2-1-3-5-13/h1-5,11-12,14H,6-10H2,(H,22,24)(H,23,25). The molecule has 134 valence electrons. The summed E-state index contributed by atoms with van der Waals surface area (Å²) >= 11 is 0. The lowest BCUT2D eigenvalue weighted by Crippen LogP contribution is -2.39. The number of benzene rings is 1. The molecule has 0 atom stereocenters. The number of amides is 1. The Morgan fingerprint density at radius 1 is 1.16 bits per heavy atom. The molecule has 0 saturated heterocycles. The second-order valence-electron chi connectivity index (χ2n) is 6.46. The average molecular weight is 351 g/mol. The SMILES string of the molecule is O=C(NCC1CCC(c2nc(-c3ccccc3)c[nH]2)CC1)C(F)(F)F. The molecular weight excluding hydrogens is 331 g/mol. The van der Waals surface area contributed by atoms with Crippen molar-refractivity contribution in [3.05, 3.63) is 42.4 Å². The zero-order valence-electron chi connectivity index (χ0n) is 13.6. The Bertz CT molecular complexity index is 704. The van der Waals surface area contributed by atoms with E-state index in [-0.39, 0.29) is 18.4 Å². The van der Waals surface area contributed by atoms with E-state index in [2.05, 4.69) is 9.97 Å². The molecule has 2 aromatic rings. The van der Waals surface area contributed by atoms with Gasteiger partial charge in [-0.15, -0.1) is 0 Å². The first-order valence-corrected chi connectivity index (χ1v) is 8.39. The summed E-state index contributed by atoms with van der Waals surface area (Å²) in [5.74, 6) is -0.553. The fourth-order valence-electron chi connectivity index (χ4n) is 3.28. The summed E-state index contributed by atoms with van der Waals surface area (Å²) in [6, 6.07) is 9.88. The predicted molar refractivity (Wildman–Crippen MR) is 87.8 cm³/mol. The first-order chi connectivity index (χ1) is 11.9. The Hall–Kier alpha value is -2.31. The molecule has 3 rings (SSSR count). The summed E-state index contributed by atoms with van der Waals surface area (Å²) in [4.78, 5) is 18.8. The lowest BCUT2D eigenvalue weighted by Gasteiger charge is -2.27. The summed E-state index contributed by atoms with van der Waals surface area (Å²) in [5.41, 5.74) is 1.95. The van der Waals surface area contributed by atoms with E-state index in [9.17, 15) is 18.0 Å². The molecule has 1 fully saturated rings. The average Bonchev–Trinajstić information content (AvgIpc) is 3.10. The zero-order chi connectivity index (χ0) is 17.9. The van der Waals surface area contributed by atoms with E-state index in [1.807, 2.05) is 41.8 Å². The maximum Gasteiger partial charge on any atom is 0.471 e. The molecule has 0 radical (unpaired) electrons. The molecule has 4 nitrogen and oxygen atoms in total. The number of hydrogen-bond acceptors (Lipinski definition) is 2. The molecule has 1 saturated carbocycles. The van der Waals surface area contributed by atoms with Crippen LogP contribution in [0.3, 0.4) is 0 Å². The van der Waals surface area contributed by atoms with Gasteiger partial charge in [-0.3, -0.25) is 4.79 Å². The highest BCUT2D eigenvalue weighted by molar-refractivity contribution is 5.81. The normalized spacial score (nSPS) is 21.1. The molecule has 7 heteroatoms. The van der Waals surface area contributed by atoms with Crippen LogP contribution < -0.4 is 5.32 Å². The number of hydrogen-bond donors (Lipinski definition) is 2. The molecule has 1 aliphatic carbocycles. The highest BCUT2D eigenvalue weighted by Gasteiger charge is 2.38. The van der Waals surface area contributed by atoms with Crippen molar-refractivity contribution in [2.75, 3.05) is 6.54 Å². The van der Waals surface area contributed by atoms with E-state index in [0.29, 0.717) is 0 Å². The third kappa shape index (κ3) is 4.41. The zero-order valence-corrected chi connectivity index (χ0v) is 13.6. The van der Waals surface area contributed by atoms with E-state index in [1.165, 1.54) is 0 Å². The number of carbonyl (C=O) groups is 1. The number of rotatable bonds is 4. The van der Waals surface area contributed by atoms with Crippen molar-refractivity contribution in [3.63, 3.8) is 0 Å². The van der Waals surface area contributed by atoms with Crippen molar-refractivity contribution in [1.82, 2.24) is 15.3 Å². The van der Waals surface area contributed by atoms with Crippen LogP contribution in [0.15, 0.2) is 36.5 Å². The van der Waals surface area contributed by atoms with Crippen LogP contribution in [-0.4, -0.2) is 28.6 Å². The van der Waals surface area contributed by atoms with Gasteiger partial charge in [-0.25, -0.2) is 4.98 Å². The maximum atomic E-state index is 12.2. The van der Waals surface area contributed by atoms with Crippen LogP contribution in [0, 0.1) is 5.92 Å². The van der Waals surface area contributed by atoms with Crippen LogP contribution in [0.4, 0.5) is 13.2 Å². The van der Waals surface area contributed by atoms with Crippen molar-refractivity contribution in [1.29, 1.82) is 0 Å². The second-order valence-corrected chi connectivity index (χ2v) is 6.46. The molecule has 0 bridgehead atoms. The monoisotopic (exact) mass is 351 g/mol. The molecule has 0 unspecified atom stereocenters. The quantitative estimate of drug-likeness (QED) is 0.874. The van der Waals surface area contributed by atoms with Gasteiger partial charge in [0, 0.05) is 24.2 Å². The Morgan fingerprint density at radius 2 is 1.84 bits per heavy atom. The summed E-state index contributed by atoms with van der Waals surface area (Å²) in [5, 5.41) is 1.99. The Balaban J connectivity index is 1.51. The van der Waals surface area contributed by atoms with Crippen molar-refractivity contribution < 1.29 is 18.0 Å². The van der Waals surface area contributed by atoms with Crippen LogP contribution in [0.1, 0.15) is 37.4 Å². The molecule has 0 spiro atoms. The molecule has 1 heterocycles. The lowest BCUT2D eigenvalue weighted by molar-refractivity contribution is -0.173. The van der Waals surface area contributed by atoms with Gasteiger partial charge in [0.1, 0.15) is 5.82 Å². The predicted octanol–water partition coefficient (Wildman–Crippen LogP) is 4.03. The van der Waals surface area contributed by atoms with E-state index >= 15 is 0 Å². The molecular formula is C18H20F3N3O. The van der Waals surface area contributed by atoms with Gasteiger partial charge in [-0.2, -0.15) is 13.2 Å². The number of alkyl halides is 3. The van der Waals surface area contributed by atoms with Crippen molar-refractivity contribution in [2.24, 2.45) is 5.92 Å². The molecule has 1 amide bonds. The van der Waals surface area contributed by atoms with Gasteiger partial charge in [0.15, 0.2) is 0 Å². The van der Waals surface area contributed by atoms with Gasteiger partial charge in [-0.1, -0.05) is 30.3 Å². The minimum Gasteiger partial charge on any atom is -0.348 e. The minimum absolute atomic E-state index is 0.0818. The minimum atomic E-state index is -4.81. The number of nitrogens with zero attached hydrogens (tertiary/aromatic N) is 1. The van der Waals surface area contributed by atoms with Crippen molar-refractivity contribution in [3.8, 4) is 11.3 Å². The Labute approximate surface area is 143 Å². The van der Waals surface area contributed by atoms with Gasteiger partial charge in [0.05, 0.1) is 5.69 Å². The second kappa shape index (κ2) is 7.29. The van der Waals surface area contributed by atoms with Crippen LogP contribution in [0.2, 0.25) is 0 Å². The van der Waals surface area contributed by atoms with Crippen LogP contribution in [-0.2, 0) is 4.79 Å². The number of aromatic nitrogens is 2. The molecule has 1 aromatic carbocycles. The van der Waals surface area contributed by atoms with Gasteiger partial charge in [0.2, 0.25) is 0 Å². The topological polar surface area (TPSA) is 57.8 Å². The third-order valence-corrected chi connectivity index (χ3v) is 4.71. The van der Waals surface area contributed by atoms with Crippen LogP contribution in [0.5, 0.6) is 0 Å². The van der Waals surface area contributed by atoms with Gasteiger partial charge < -0.3 is 10.3 Å². The highest BCUT2D eigenvalue weighted by atomic mass is 19.4. The molecule has 1 aliphatic rings. The fourth-order valence-corrected chi connectivity index (χ4v) is 3.28. The van der Waals surface area contributed by atoms with Crippen molar-refractivity contribution in [2.45, 2.75) is 37.8 Å². The summed E-state index contributed by atoms with van der Waals surface area (Å²) < 4.78 is 36.6. The Morgan fingerprint density at radius 3 is 2.48 bits per heavy atom. The number of imidazole rings is 1. The number of halogens is 3. The van der Waals surface area contributed by atoms with E-state index in [0.717, 1.165) is 42.8 Å². The van der Waals surface area contributed by atoms with Gasteiger partial charge in [-0.05, 0) is 31.6 Å². The molecule has 25 heavy (non-hydrogen) atoms. The number of carbonyl (C=O) groups excluding carboxylic acids is 1. The largest absolute Gasteiger partial charge is 0.471 e. The summed E-state index contributed by atoms with van der Waals surface area (Å²) in [6.45, 7) is 0.0818. The first-order valence-electron chi connectivity index (χ1n) is 8.39. The highest BCUT2D eigenvalue weighted by Crippen LogP contribution is 2.35. The number of nitrogens with one attached hydrogen (secondary N) is 2. The van der Waals surface area contributed by atoms with Crippen LogP contribution in [0.25, 0.3) is 11.3 Å². The first kappa shape index (κ1) is 17.5. The lowest BCUT2D eigenvalue weighted by atomic mass is 9.81. The van der Waals surface area contributed by atoms with Gasteiger partial charge >= 0.3 is 12.1 Å². The maximum absolute atomic E-state index is 12.2. The summed E-state index contributed by atoms with van der Waals surface area (Å²) in [6.07, 6.45) is 0.358. The summed E-state index contributed by atoms with van der Waals surface area (Å²) in [7, 11) is 0.